The predicted molar refractivity (Wildman–Crippen MR) is 120 cm³/mol. The predicted octanol–water partition coefficient (Wildman–Crippen LogP) is 5.57. The number of halogens is 4. The first-order valence-corrected chi connectivity index (χ1v) is 10.6. The van der Waals surface area contributed by atoms with Gasteiger partial charge in [0.05, 0.1) is 23.3 Å². The summed E-state index contributed by atoms with van der Waals surface area (Å²) in [5.41, 5.74) is -1.33. The van der Waals surface area contributed by atoms with Crippen LogP contribution in [-0.2, 0) is 12.7 Å². The fraction of sp³-hybridized carbons (Fsp3) is 0.0833. The second-order valence-corrected chi connectivity index (χ2v) is 8.51. The number of fused-ring (bicyclic) bond motifs is 3. The highest BCUT2D eigenvalue weighted by molar-refractivity contribution is 7.25. The third kappa shape index (κ3) is 3.64. The number of hydrogen-bond donors (Lipinski definition) is 0. The number of hydrogen-bond acceptors (Lipinski definition) is 3. The summed E-state index contributed by atoms with van der Waals surface area (Å²) in [7, 11) is 0. The quantitative estimate of drug-likeness (QED) is 0.324. The fourth-order valence-electron chi connectivity index (χ4n) is 3.84. The first-order chi connectivity index (χ1) is 15.7. The normalized spacial score (nSPS) is 12.0. The van der Waals surface area contributed by atoms with Gasteiger partial charge in [-0.1, -0.05) is 30.3 Å². The van der Waals surface area contributed by atoms with Crippen molar-refractivity contribution < 1.29 is 17.6 Å². The van der Waals surface area contributed by atoms with Gasteiger partial charge in [0, 0.05) is 10.1 Å². The minimum Gasteiger partial charge on any atom is -0.287 e. The highest BCUT2D eigenvalue weighted by atomic mass is 32.1. The van der Waals surface area contributed by atoms with Crippen LogP contribution in [0.3, 0.4) is 0 Å². The molecule has 0 unspecified atom stereocenters. The van der Waals surface area contributed by atoms with Crippen molar-refractivity contribution in [2.45, 2.75) is 12.7 Å². The zero-order chi connectivity index (χ0) is 23.3. The molecular formula is C24H14F4N2O2S. The number of benzene rings is 3. The van der Waals surface area contributed by atoms with Gasteiger partial charge in [0.2, 0.25) is 0 Å². The van der Waals surface area contributed by atoms with Crippen molar-refractivity contribution in [3.63, 3.8) is 0 Å². The highest BCUT2D eigenvalue weighted by Crippen LogP contribution is 2.32. The van der Waals surface area contributed by atoms with E-state index in [4.69, 9.17) is 0 Å². The van der Waals surface area contributed by atoms with Gasteiger partial charge in [-0.05, 0) is 48.0 Å². The summed E-state index contributed by atoms with van der Waals surface area (Å²) in [5, 5.41) is 0.657. The largest absolute Gasteiger partial charge is 0.416 e. The molecule has 3 aromatic carbocycles. The number of alkyl halides is 3. The number of nitrogens with zero attached hydrogens (tertiary/aromatic N) is 2. The van der Waals surface area contributed by atoms with E-state index in [0.717, 1.165) is 33.5 Å². The van der Waals surface area contributed by atoms with E-state index in [2.05, 4.69) is 0 Å². The second kappa shape index (κ2) is 7.70. The summed E-state index contributed by atoms with van der Waals surface area (Å²) in [6.07, 6.45) is -4.53. The summed E-state index contributed by atoms with van der Waals surface area (Å²) >= 11 is 1.19. The molecule has 0 fully saturated rings. The molecule has 0 radical (unpaired) electrons. The van der Waals surface area contributed by atoms with Crippen molar-refractivity contribution in [1.29, 1.82) is 0 Å². The zero-order valence-corrected chi connectivity index (χ0v) is 17.6. The van der Waals surface area contributed by atoms with E-state index < -0.39 is 28.8 Å². The van der Waals surface area contributed by atoms with Gasteiger partial charge in [-0.3, -0.25) is 9.36 Å². The van der Waals surface area contributed by atoms with Crippen molar-refractivity contribution in [1.82, 2.24) is 9.13 Å². The van der Waals surface area contributed by atoms with Crippen LogP contribution in [-0.4, -0.2) is 9.13 Å². The van der Waals surface area contributed by atoms with Crippen LogP contribution >= 0.6 is 11.3 Å². The van der Waals surface area contributed by atoms with Crippen molar-refractivity contribution in [3.05, 3.63) is 111 Å². The lowest BCUT2D eigenvalue weighted by atomic mass is 10.1. The average Bonchev–Trinajstić information content (AvgIpc) is 3.18. The van der Waals surface area contributed by atoms with E-state index in [1.165, 1.54) is 40.2 Å². The van der Waals surface area contributed by atoms with Crippen molar-refractivity contribution in [3.8, 4) is 5.69 Å². The van der Waals surface area contributed by atoms with Crippen LogP contribution in [0.1, 0.15) is 11.1 Å². The van der Waals surface area contributed by atoms with E-state index in [9.17, 15) is 27.2 Å². The van der Waals surface area contributed by atoms with Crippen molar-refractivity contribution in [2.75, 3.05) is 0 Å². The summed E-state index contributed by atoms with van der Waals surface area (Å²) in [6, 6.07) is 16.7. The molecule has 0 aliphatic rings. The van der Waals surface area contributed by atoms with Gasteiger partial charge in [-0.25, -0.2) is 13.8 Å². The molecule has 0 spiro atoms. The molecule has 4 nitrogen and oxygen atoms in total. The Morgan fingerprint density at radius 2 is 1.61 bits per heavy atom. The molecule has 5 aromatic rings. The standard InChI is InChI=1S/C24H14F4N2O2S/c25-16-8-10-17(11-9-16)30-22(31)21-20(18-6-1-2-7-19(18)33-21)29(23(30)32)13-14-4-3-5-15(12-14)24(26,27)28/h1-12H,13H2. The van der Waals surface area contributed by atoms with Gasteiger partial charge >= 0.3 is 11.9 Å². The first-order valence-electron chi connectivity index (χ1n) is 9.83. The van der Waals surface area contributed by atoms with E-state index >= 15 is 0 Å². The topological polar surface area (TPSA) is 44.0 Å². The number of rotatable bonds is 3. The molecule has 0 atom stereocenters. The third-order valence-corrected chi connectivity index (χ3v) is 6.49. The molecule has 0 saturated carbocycles. The summed E-state index contributed by atoms with van der Waals surface area (Å²) in [5.74, 6) is -0.529. The van der Waals surface area contributed by atoms with Crippen LogP contribution in [0, 0.1) is 5.82 Å². The maximum absolute atomic E-state index is 13.5. The Morgan fingerprint density at radius 3 is 2.33 bits per heavy atom. The van der Waals surface area contributed by atoms with E-state index in [-0.39, 0.29) is 22.5 Å². The van der Waals surface area contributed by atoms with Crippen LogP contribution in [0.2, 0.25) is 0 Å². The summed E-state index contributed by atoms with van der Waals surface area (Å²) < 4.78 is 56.4. The fourth-order valence-corrected chi connectivity index (χ4v) is 4.98. The van der Waals surface area contributed by atoms with E-state index in [1.54, 1.807) is 24.3 Å². The maximum Gasteiger partial charge on any atom is 0.416 e. The van der Waals surface area contributed by atoms with Crippen LogP contribution in [0.5, 0.6) is 0 Å². The smallest absolute Gasteiger partial charge is 0.287 e. The monoisotopic (exact) mass is 470 g/mol. The average molecular weight is 470 g/mol. The van der Waals surface area contributed by atoms with Gasteiger partial charge in [-0.15, -0.1) is 11.3 Å². The Morgan fingerprint density at radius 1 is 0.879 bits per heavy atom. The van der Waals surface area contributed by atoms with E-state index in [0.29, 0.717) is 10.9 Å². The minimum absolute atomic E-state index is 0.170. The first kappa shape index (κ1) is 21.1. The Labute approximate surface area is 187 Å². The Hall–Kier alpha value is -3.72. The highest BCUT2D eigenvalue weighted by Gasteiger charge is 2.30. The van der Waals surface area contributed by atoms with Crippen LogP contribution in [0.4, 0.5) is 17.6 Å². The van der Waals surface area contributed by atoms with Gasteiger partial charge in [0.15, 0.2) is 0 Å². The molecule has 0 bridgehead atoms. The molecule has 2 aromatic heterocycles. The Kier molecular flexibility index (Phi) is 4.93. The third-order valence-electron chi connectivity index (χ3n) is 5.34. The zero-order valence-electron chi connectivity index (χ0n) is 16.8. The molecule has 2 heterocycles. The second-order valence-electron chi connectivity index (χ2n) is 7.46. The van der Waals surface area contributed by atoms with Crippen molar-refractivity contribution >= 4 is 31.6 Å². The molecule has 33 heavy (non-hydrogen) atoms. The molecule has 0 N–H and O–H groups in total. The van der Waals surface area contributed by atoms with Crippen LogP contribution in [0.15, 0.2) is 82.4 Å². The Bertz CT molecular complexity index is 1630. The minimum atomic E-state index is -4.53. The Balaban J connectivity index is 1.82. The molecule has 0 aliphatic carbocycles. The lowest BCUT2D eigenvalue weighted by molar-refractivity contribution is -0.137. The van der Waals surface area contributed by atoms with Gasteiger partial charge in [0.1, 0.15) is 10.5 Å². The van der Waals surface area contributed by atoms with Gasteiger partial charge < -0.3 is 0 Å². The maximum atomic E-state index is 13.5. The summed E-state index contributed by atoms with van der Waals surface area (Å²) in [4.78, 5) is 26.8. The lowest BCUT2D eigenvalue weighted by Crippen LogP contribution is -2.38. The van der Waals surface area contributed by atoms with Crippen LogP contribution in [0.25, 0.3) is 26.0 Å². The van der Waals surface area contributed by atoms with E-state index in [1.807, 2.05) is 0 Å². The summed E-state index contributed by atoms with van der Waals surface area (Å²) in [6.45, 7) is -0.179. The SMILES string of the molecule is O=c1c2sc3ccccc3c2n(Cc2cccc(C(F)(F)F)c2)c(=O)n1-c1ccc(F)cc1. The molecular weight excluding hydrogens is 456 g/mol. The molecule has 5 rings (SSSR count). The number of thiophene rings is 1. The molecule has 0 saturated heterocycles. The number of aromatic nitrogens is 2. The molecule has 0 amide bonds. The lowest BCUT2D eigenvalue weighted by Gasteiger charge is -2.14. The molecule has 0 aliphatic heterocycles. The van der Waals surface area contributed by atoms with Gasteiger partial charge in [-0.2, -0.15) is 13.2 Å². The molecule has 9 heteroatoms. The molecule has 166 valence electrons. The van der Waals surface area contributed by atoms with Gasteiger partial charge in [0.25, 0.3) is 5.56 Å². The van der Waals surface area contributed by atoms with Crippen LogP contribution < -0.4 is 11.2 Å². The van der Waals surface area contributed by atoms with Crippen molar-refractivity contribution in [2.24, 2.45) is 0 Å².